The third-order valence-electron chi connectivity index (χ3n) is 2.41. The lowest BCUT2D eigenvalue weighted by Gasteiger charge is -2.17. The molecule has 5 heteroatoms. The van der Waals surface area contributed by atoms with Crippen molar-refractivity contribution in [1.82, 2.24) is 0 Å². The quantitative estimate of drug-likeness (QED) is 0.852. The number of hydrogen-bond acceptors (Lipinski definition) is 2. The lowest BCUT2D eigenvalue weighted by molar-refractivity contribution is 0.0222. The molecule has 0 aromatic heterocycles. The molecule has 0 saturated heterocycles. The summed E-state index contributed by atoms with van der Waals surface area (Å²) in [6, 6.07) is 7.48. The van der Waals surface area contributed by atoms with E-state index in [9.17, 15) is 13.0 Å². The van der Waals surface area contributed by atoms with E-state index in [0.717, 1.165) is 0 Å². The topological polar surface area (TPSA) is 43.1 Å². The van der Waals surface area contributed by atoms with Crippen LogP contribution >= 0.6 is 0 Å². The van der Waals surface area contributed by atoms with Crippen LogP contribution in [-0.2, 0) is 16.7 Å². The van der Waals surface area contributed by atoms with E-state index in [-0.39, 0.29) is 17.2 Å². The Kier molecular flexibility index (Phi) is 5.21. The van der Waals surface area contributed by atoms with Crippen LogP contribution in [0.5, 0.6) is 0 Å². The van der Waals surface area contributed by atoms with Crippen molar-refractivity contribution in [3.8, 4) is 0 Å². The molecule has 0 saturated carbocycles. The Morgan fingerprint density at radius 3 is 2.47 bits per heavy atom. The molecular formula is C12H17F2NOS. The minimum absolute atomic E-state index is 0.00223. The molecule has 0 spiro atoms. The van der Waals surface area contributed by atoms with Crippen molar-refractivity contribution in [2.75, 3.05) is 18.1 Å². The number of rotatable bonds is 6. The van der Waals surface area contributed by atoms with Gasteiger partial charge < -0.3 is 5.73 Å². The van der Waals surface area contributed by atoms with Crippen LogP contribution in [0, 0.1) is 5.92 Å². The maximum Gasteiger partial charge on any atom is 0.284 e. The second kappa shape index (κ2) is 6.21. The van der Waals surface area contributed by atoms with Crippen molar-refractivity contribution in [3.05, 3.63) is 35.9 Å². The number of hydrogen-bond donors (Lipinski definition) is 1. The third kappa shape index (κ3) is 4.52. The number of alkyl halides is 2. The van der Waals surface area contributed by atoms with Crippen LogP contribution in [0.15, 0.2) is 30.3 Å². The van der Waals surface area contributed by atoms with Gasteiger partial charge in [0.2, 0.25) is 0 Å². The fraction of sp³-hybridized carbons (Fsp3) is 0.500. The van der Waals surface area contributed by atoms with E-state index in [1.165, 1.54) is 12.1 Å². The van der Waals surface area contributed by atoms with Crippen LogP contribution in [0.2, 0.25) is 0 Å². The van der Waals surface area contributed by atoms with Crippen LogP contribution in [0.3, 0.4) is 0 Å². The smallest absolute Gasteiger partial charge is 0.284 e. The molecule has 1 aromatic carbocycles. The van der Waals surface area contributed by atoms with Crippen molar-refractivity contribution < 1.29 is 13.0 Å². The van der Waals surface area contributed by atoms with Gasteiger partial charge in [-0.2, -0.15) is 0 Å². The van der Waals surface area contributed by atoms with E-state index in [0.29, 0.717) is 6.54 Å². The molecule has 0 heterocycles. The van der Waals surface area contributed by atoms with Crippen molar-refractivity contribution in [2.24, 2.45) is 11.7 Å². The summed E-state index contributed by atoms with van der Waals surface area (Å²) in [6.45, 7) is 2.17. The Balaban J connectivity index is 2.64. The lowest BCUT2D eigenvalue weighted by Crippen LogP contribution is -2.27. The van der Waals surface area contributed by atoms with Crippen molar-refractivity contribution >= 4 is 10.8 Å². The first-order chi connectivity index (χ1) is 7.95. The zero-order valence-electron chi connectivity index (χ0n) is 9.74. The Morgan fingerprint density at radius 2 is 1.94 bits per heavy atom. The van der Waals surface area contributed by atoms with E-state index in [1.807, 2.05) is 0 Å². The van der Waals surface area contributed by atoms with Gasteiger partial charge in [0.05, 0.1) is 5.75 Å². The predicted molar refractivity (Wildman–Crippen MR) is 66.4 cm³/mol. The highest BCUT2D eigenvalue weighted by Crippen LogP contribution is 2.28. The summed E-state index contributed by atoms with van der Waals surface area (Å²) in [5.74, 6) is -3.46. The van der Waals surface area contributed by atoms with Gasteiger partial charge in [0.15, 0.2) is 0 Å². The van der Waals surface area contributed by atoms with Gasteiger partial charge in [0.25, 0.3) is 5.92 Å². The first-order valence-electron chi connectivity index (χ1n) is 5.44. The summed E-state index contributed by atoms with van der Waals surface area (Å²) in [6.07, 6.45) is 0. The molecule has 17 heavy (non-hydrogen) atoms. The molecule has 1 rings (SSSR count). The van der Waals surface area contributed by atoms with Crippen LogP contribution < -0.4 is 5.73 Å². The normalized spacial score (nSPS) is 15.5. The van der Waals surface area contributed by atoms with Crippen molar-refractivity contribution in [1.29, 1.82) is 0 Å². The van der Waals surface area contributed by atoms with Crippen LogP contribution in [0.4, 0.5) is 8.78 Å². The van der Waals surface area contributed by atoms with Gasteiger partial charge in [-0.3, -0.25) is 4.21 Å². The summed E-state index contributed by atoms with van der Waals surface area (Å²) in [4.78, 5) is 0. The molecule has 2 atom stereocenters. The summed E-state index contributed by atoms with van der Waals surface area (Å²) < 4.78 is 39.0. The molecule has 96 valence electrons. The maximum absolute atomic E-state index is 13.7. The molecule has 2 nitrogen and oxygen atoms in total. The standard InChI is InChI=1S/C12H17F2NOS/c1-10(7-15)8-17(16)9-12(13,14)11-5-3-2-4-6-11/h2-6,10H,7-9,15H2,1H3. The Labute approximate surface area is 103 Å². The second-order valence-corrected chi connectivity index (χ2v) is 5.66. The maximum atomic E-state index is 13.7. The number of benzene rings is 1. The zero-order valence-corrected chi connectivity index (χ0v) is 10.6. The summed E-state index contributed by atoms with van der Waals surface area (Å²) in [5.41, 5.74) is 5.28. The molecule has 2 unspecified atom stereocenters. The Bertz CT molecular complexity index is 370. The minimum atomic E-state index is -3.04. The van der Waals surface area contributed by atoms with E-state index in [1.54, 1.807) is 25.1 Å². The van der Waals surface area contributed by atoms with Crippen molar-refractivity contribution in [3.63, 3.8) is 0 Å². The van der Waals surface area contributed by atoms with E-state index in [4.69, 9.17) is 5.73 Å². The highest BCUT2D eigenvalue weighted by atomic mass is 32.2. The molecule has 0 bridgehead atoms. The van der Waals surface area contributed by atoms with Gasteiger partial charge in [-0.15, -0.1) is 0 Å². The first-order valence-corrected chi connectivity index (χ1v) is 6.93. The minimum Gasteiger partial charge on any atom is -0.330 e. The fourth-order valence-electron chi connectivity index (χ4n) is 1.41. The van der Waals surface area contributed by atoms with E-state index >= 15 is 0 Å². The van der Waals surface area contributed by atoms with Crippen LogP contribution in [0.1, 0.15) is 12.5 Å². The first kappa shape index (κ1) is 14.3. The SMILES string of the molecule is CC(CN)CS(=O)CC(F)(F)c1ccccc1. The Morgan fingerprint density at radius 1 is 1.35 bits per heavy atom. The average molecular weight is 261 g/mol. The highest BCUT2D eigenvalue weighted by molar-refractivity contribution is 7.85. The molecule has 0 amide bonds. The van der Waals surface area contributed by atoms with Gasteiger partial charge in [-0.1, -0.05) is 37.3 Å². The van der Waals surface area contributed by atoms with Gasteiger partial charge in [-0.25, -0.2) is 8.78 Å². The number of nitrogens with two attached hydrogens (primary N) is 1. The predicted octanol–water partition coefficient (Wildman–Crippen LogP) is 2.12. The van der Waals surface area contributed by atoms with E-state index < -0.39 is 22.5 Å². The molecule has 0 fully saturated rings. The van der Waals surface area contributed by atoms with Gasteiger partial charge in [0, 0.05) is 22.1 Å². The summed E-state index contributed by atoms with van der Waals surface area (Å²) in [5, 5.41) is 0. The third-order valence-corrected chi connectivity index (χ3v) is 4.04. The largest absolute Gasteiger partial charge is 0.330 e. The number of halogens is 2. The van der Waals surface area contributed by atoms with Crippen LogP contribution in [-0.4, -0.2) is 22.3 Å². The van der Waals surface area contributed by atoms with Gasteiger partial charge in [-0.05, 0) is 12.5 Å². The summed E-state index contributed by atoms with van der Waals surface area (Å²) >= 11 is 0. The summed E-state index contributed by atoms with van der Waals surface area (Å²) in [7, 11) is -1.55. The lowest BCUT2D eigenvalue weighted by atomic mass is 10.1. The van der Waals surface area contributed by atoms with Crippen molar-refractivity contribution in [2.45, 2.75) is 12.8 Å². The highest BCUT2D eigenvalue weighted by Gasteiger charge is 2.33. The molecule has 0 aliphatic rings. The van der Waals surface area contributed by atoms with Crippen LogP contribution in [0.25, 0.3) is 0 Å². The van der Waals surface area contributed by atoms with Gasteiger partial charge in [0.1, 0.15) is 0 Å². The molecule has 0 radical (unpaired) electrons. The molecule has 0 aliphatic carbocycles. The molecule has 2 N–H and O–H groups in total. The zero-order chi connectivity index (χ0) is 12.9. The second-order valence-electron chi connectivity index (χ2n) is 4.16. The molecule has 0 aliphatic heterocycles. The molecule has 1 aromatic rings. The fourth-order valence-corrected chi connectivity index (χ4v) is 2.87. The van der Waals surface area contributed by atoms with Gasteiger partial charge >= 0.3 is 0 Å². The Hall–Kier alpha value is -0.810. The molecular weight excluding hydrogens is 244 g/mol. The van der Waals surface area contributed by atoms with E-state index in [2.05, 4.69) is 0 Å². The monoisotopic (exact) mass is 261 g/mol. The average Bonchev–Trinajstić information content (AvgIpc) is 2.29.